The van der Waals surface area contributed by atoms with E-state index in [1.54, 1.807) is 49.4 Å². The van der Waals surface area contributed by atoms with Gasteiger partial charge in [0.25, 0.3) is 0 Å². The Bertz CT molecular complexity index is 887. The second-order valence-corrected chi connectivity index (χ2v) is 6.26. The molecule has 2 aromatic carbocycles. The molecule has 0 aliphatic rings. The van der Waals surface area contributed by atoms with Gasteiger partial charge in [-0.25, -0.2) is 9.59 Å². The number of aliphatic hydroxyl groups is 1. The predicted molar refractivity (Wildman–Crippen MR) is 102 cm³/mol. The topological polar surface area (TPSA) is 89.9 Å². The van der Waals surface area contributed by atoms with Gasteiger partial charge in [-0.05, 0) is 19.4 Å². The molecule has 146 valence electrons. The number of hydrogen-bond acceptors (Lipinski definition) is 6. The Morgan fingerprint density at radius 2 is 1.54 bits per heavy atom. The van der Waals surface area contributed by atoms with Gasteiger partial charge in [0, 0.05) is 16.7 Å². The summed E-state index contributed by atoms with van der Waals surface area (Å²) >= 11 is 0. The van der Waals surface area contributed by atoms with Crippen LogP contribution in [0.1, 0.15) is 53.0 Å². The van der Waals surface area contributed by atoms with Crippen molar-refractivity contribution in [2.24, 2.45) is 0 Å². The van der Waals surface area contributed by atoms with Crippen LogP contribution in [0.2, 0.25) is 0 Å². The van der Waals surface area contributed by atoms with E-state index in [-0.39, 0.29) is 28.9 Å². The summed E-state index contributed by atoms with van der Waals surface area (Å²) in [5.74, 6) is -4.70. The van der Waals surface area contributed by atoms with Gasteiger partial charge in [-0.1, -0.05) is 62.0 Å². The molecule has 0 aromatic heterocycles. The maximum Gasteiger partial charge on any atom is 0.373 e. The summed E-state index contributed by atoms with van der Waals surface area (Å²) in [6.07, 6.45) is 0.240. The zero-order valence-corrected chi connectivity index (χ0v) is 15.8. The van der Waals surface area contributed by atoms with E-state index in [4.69, 9.17) is 9.47 Å². The fraction of sp³-hybridized carbons (Fsp3) is 0.227. The van der Waals surface area contributed by atoms with Gasteiger partial charge in [-0.3, -0.25) is 4.79 Å². The lowest BCUT2D eigenvalue weighted by atomic mass is 9.98. The minimum absolute atomic E-state index is 0.0442. The highest BCUT2D eigenvalue weighted by molar-refractivity contribution is 6.14. The molecule has 6 heteroatoms. The highest BCUT2D eigenvalue weighted by Crippen LogP contribution is 2.23. The summed E-state index contributed by atoms with van der Waals surface area (Å²) < 4.78 is 10.00. The first-order valence-electron chi connectivity index (χ1n) is 8.80. The average Bonchev–Trinajstić information content (AvgIpc) is 2.67. The molecule has 0 radical (unpaired) electrons. The number of benzene rings is 2. The van der Waals surface area contributed by atoms with Crippen molar-refractivity contribution in [3.05, 3.63) is 83.4 Å². The van der Waals surface area contributed by atoms with Crippen molar-refractivity contribution in [3.63, 3.8) is 0 Å². The number of carbonyl (C=O) groups excluding carboxylic acids is 3. The Morgan fingerprint density at radius 3 is 2.11 bits per heavy atom. The van der Waals surface area contributed by atoms with Crippen LogP contribution in [0.3, 0.4) is 0 Å². The molecule has 2 aromatic rings. The number of carbonyl (C=O) groups is 3. The second kappa shape index (κ2) is 9.10. The Morgan fingerprint density at radius 1 is 0.964 bits per heavy atom. The van der Waals surface area contributed by atoms with E-state index in [0.717, 1.165) is 0 Å². The molecule has 28 heavy (non-hydrogen) atoms. The van der Waals surface area contributed by atoms with E-state index in [1.165, 1.54) is 19.1 Å². The van der Waals surface area contributed by atoms with Gasteiger partial charge in [0.2, 0.25) is 0 Å². The zero-order chi connectivity index (χ0) is 20.7. The smallest absolute Gasteiger partial charge is 0.373 e. The van der Waals surface area contributed by atoms with Crippen molar-refractivity contribution in [2.75, 3.05) is 0 Å². The van der Waals surface area contributed by atoms with E-state index in [2.05, 4.69) is 6.58 Å². The molecule has 0 bridgehead atoms. The molecule has 0 aliphatic carbocycles. The largest absolute Gasteiger partial charge is 0.395 e. The van der Waals surface area contributed by atoms with Crippen LogP contribution < -0.4 is 0 Å². The number of hydrogen-bond donors (Lipinski definition) is 1. The minimum atomic E-state index is -2.45. The lowest BCUT2D eigenvalue weighted by molar-refractivity contribution is -0.316. The first-order chi connectivity index (χ1) is 13.3. The Labute approximate surface area is 163 Å². The van der Waals surface area contributed by atoms with E-state index in [9.17, 15) is 19.5 Å². The van der Waals surface area contributed by atoms with Gasteiger partial charge < -0.3 is 14.6 Å². The normalized spacial score (nSPS) is 12.5. The average molecular weight is 382 g/mol. The maximum atomic E-state index is 12.8. The Hall–Kier alpha value is -3.25. The van der Waals surface area contributed by atoms with Crippen LogP contribution in [0.4, 0.5) is 0 Å². The summed E-state index contributed by atoms with van der Waals surface area (Å²) in [6, 6.07) is 14.5. The van der Waals surface area contributed by atoms with Crippen molar-refractivity contribution < 1.29 is 29.0 Å². The lowest BCUT2D eigenvalue weighted by Gasteiger charge is -2.27. The lowest BCUT2D eigenvalue weighted by Crippen LogP contribution is -2.40. The van der Waals surface area contributed by atoms with Crippen LogP contribution >= 0.6 is 0 Å². The van der Waals surface area contributed by atoms with Crippen molar-refractivity contribution in [3.8, 4) is 0 Å². The van der Waals surface area contributed by atoms with Gasteiger partial charge in [0.1, 0.15) is 0 Å². The first kappa shape index (κ1) is 21.1. The summed E-state index contributed by atoms with van der Waals surface area (Å²) in [4.78, 5) is 37.2. The van der Waals surface area contributed by atoms with E-state index in [1.807, 2.05) is 0 Å². The molecule has 6 nitrogen and oxygen atoms in total. The maximum absolute atomic E-state index is 12.8. The van der Waals surface area contributed by atoms with Gasteiger partial charge >= 0.3 is 17.9 Å². The van der Waals surface area contributed by atoms with Crippen LogP contribution in [0.5, 0.6) is 0 Å². The summed E-state index contributed by atoms with van der Waals surface area (Å²) in [5.41, 5.74) is 0.520. The number of esters is 2. The van der Waals surface area contributed by atoms with E-state index in [0.29, 0.717) is 12.0 Å². The highest BCUT2D eigenvalue weighted by Gasteiger charge is 2.37. The Balaban J connectivity index is 2.32. The van der Waals surface area contributed by atoms with Gasteiger partial charge in [-0.2, -0.15) is 0 Å². The van der Waals surface area contributed by atoms with Crippen molar-refractivity contribution >= 4 is 17.7 Å². The van der Waals surface area contributed by atoms with Crippen LogP contribution in [0.25, 0.3) is 0 Å². The number of ketones is 1. The van der Waals surface area contributed by atoms with Gasteiger partial charge in [0.15, 0.2) is 5.78 Å². The SMILES string of the molecule is C=C(C)C(=O)OC(O)(CCC)OC(=O)c1ccccc1C(=O)c1ccccc1. The molecule has 0 fully saturated rings. The van der Waals surface area contributed by atoms with Gasteiger partial charge in [0.05, 0.1) is 12.0 Å². The predicted octanol–water partition coefficient (Wildman–Crippen LogP) is 3.64. The summed E-state index contributed by atoms with van der Waals surface area (Å²) in [5, 5.41) is 10.5. The molecular weight excluding hydrogens is 360 g/mol. The summed E-state index contributed by atoms with van der Waals surface area (Å²) in [7, 11) is 0. The third kappa shape index (κ3) is 5.14. The first-order valence-corrected chi connectivity index (χ1v) is 8.80. The van der Waals surface area contributed by atoms with Crippen LogP contribution in [-0.2, 0) is 14.3 Å². The van der Waals surface area contributed by atoms with Crippen LogP contribution in [-0.4, -0.2) is 28.8 Å². The standard InChI is InChI=1S/C22H22O6/c1-4-14-22(26,27-20(24)15(2)3)28-21(25)18-13-9-8-12-17(18)19(23)16-10-6-5-7-11-16/h5-13,26H,2,4,14H2,1,3H3. The quantitative estimate of drug-likeness (QED) is 0.324. The third-order valence-corrected chi connectivity index (χ3v) is 3.85. The number of ether oxygens (including phenoxy) is 2. The number of rotatable bonds is 8. The molecule has 2 rings (SSSR count). The van der Waals surface area contributed by atoms with E-state index < -0.39 is 17.9 Å². The second-order valence-electron chi connectivity index (χ2n) is 6.26. The zero-order valence-electron chi connectivity index (χ0n) is 15.8. The van der Waals surface area contributed by atoms with Crippen molar-refractivity contribution in [1.82, 2.24) is 0 Å². The molecule has 0 heterocycles. The van der Waals surface area contributed by atoms with E-state index >= 15 is 0 Å². The van der Waals surface area contributed by atoms with Gasteiger partial charge in [-0.15, -0.1) is 0 Å². The van der Waals surface area contributed by atoms with Crippen molar-refractivity contribution in [2.45, 2.75) is 32.7 Å². The minimum Gasteiger partial charge on any atom is -0.395 e. The van der Waals surface area contributed by atoms with Crippen LogP contribution in [0, 0.1) is 0 Å². The summed E-state index contributed by atoms with van der Waals surface area (Å²) in [6.45, 7) is 6.57. The molecular formula is C22H22O6. The third-order valence-electron chi connectivity index (χ3n) is 3.85. The monoisotopic (exact) mass is 382 g/mol. The molecule has 0 saturated carbocycles. The molecule has 1 atom stereocenters. The molecule has 1 unspecified atom stereocenters. The molecule has 1 N–H and O–H groups in total. The fourth-order valence-corrected chi connectivity index (χ4v) is 2.47. The Kier molecular flexibility index (Phi) is 6.84. The van der Waals surface area contributed by atoms with Crippen molar-refractivity contribution in [1.29, 1.82) is 0 Å². The molecule has 0 spiro atoms. The molecule has 0 saturated heterocycles. The molecule has 0 amide bonds. The molecule has 0 aliphatic heterocycles. The van der Waals surface area contributed by atoms with Crippen LogP contribution in [0.15, 0.2) is 66.7 Å². The highest BCUT2D eigenvalue weighted by atomic mass is 16.8. The fourth-order valence-electron chi connectivity index (χ4n) is 2.47.